The summed E-state index contributed by atoms with van der Waals surface area (Å²) < 4.78 is 31.2. The number of rotatable bonds is 9. The van der Waals surface area contributed by atoms with Gasteiger partial charge in [0.1, 0.15) is 36.8 Å². The van der Waals surface area contributed by atoms with Crippen LogP contribution < -0.4 is 11.2 Å². The summed E-state index contributed by atoms with van der Waals surface area (Å²) in [6.45, 7) is 5.75. The van der Waals surface area contributed by atoms with Crippen molar-refractivity contribution in [3.05, 3.63) is 44.5 Å². The highest BCUT2D eigenvalue weighted by atomic mass is 16.6. The third-order valence-corrected chi connectivity index (χ3v) is 7.23. The number of hydrogen-bond donors (Lipinski definition) is 2. The Morgan fingerprint density at radius 3 is 2.30 bits per heavy atom. The second kappa shape index (κ2) is 13.2. The summed E-state index contributed by atoms with van der Waals surface area (Å²) in [5.74, 6) is -2.56. The molecule has 2 aromatic rings. The van der Waals surface area contributed by atoms with E-state index in [2.05, 4.69) is 10.3 Å². The Bertz CT molecular complexity index is 1470. The van der Waals surface area contributed by atoms with Crippen LogP contribution in [0, 0.1) is 12.8 Å². The molecule has 2 saturated heterocycles. The maximum absolute atomic E-state index is 13.3. The molecule has 4 rings (SSSR count). The molecule has 8 atom stereocenters. The summed E-state index contributed by atoms with van der Waals surface area (Å²) in [6.07, 6.45) is -4.02. The van der Waals surface area contributed by atoms with Crippen LogP contribution in [-0.2, 0) is 44.6 Å². The summed E-state index contributed by atoms with van der Waals surface area (Å²) in [5.41, 5.74) is -0.856. The SMILES string of the molecule is CC(=O)OCC1O[C@H](n2cc(Cn3c(=O)c(C)cn([C@H]4CC(O)[C@@H](CO)O4)c3=O)nn2)C(C)C(OC(C)=O)[C@H]1OC(C)=O. The quantitative estimate of drug-likeness (QED) is 0.246. The van der Waals surface area contributed by atoms with Crippen LogP contribution in [0.5, 0.6) is 0 Å². The zero-order valence-electron chi connectivity index (χ0n) is 24.3. The Morgan fingerprint density at radius 1 is 1.02 bits per heavy atom. The lowest BCUT2D eigenvalue weighted by Gasteiger charge is -2.43. The van der Waals surface area contributed by atoms with Gasteiger partial charge in [0.15, 0.2) is 12.3 Å². The van der Waals surface area contributed by atoms with Crippen LogP contribution >= 0.6 is 0 Å². The molecule has 0 radical (unpaired) electrons. The minimum Gasteiger partial charge on any atom is -0.463 e. The van der Waals surface area contributed by atoms with E-state index >= 15 is 0 Å². The minimum atomic E-state index is -1.10. The normalized spacial score (nSPS) is 28.8. The van der Waals surface area contributed by atoms with E-state index in [-0.39, 0.29) is 30.8 Å². The lowest BCUT2D eigenvalue weighted by atomic mass is 9.91. The minimum absolute atomic E-state index is 0.0439. The summed E-state index contributed by atoms with van der Waals surface area (Å²) in [4.78, 5) is 61.6. The number of aliphatic hydroxyl groups excluding tert-OH is 2. The smallest absolute Gasteiger partial charge is 0.333 e. The van der Waals surface area contributed by atoms with Crippen molar-refractivity contribution in [2.45, 2.75) is 90.6 Å². The van der Waals surface area contributed by atoms with E-state index in [0.717, 1.165) is 4.57 Å². The molecule has 236 valence electrons. The van der Waals surface area contributed by atoms with E-state index in [9.17, 15) is 34.2 Å². The van der Waals surface area contributed by atoms with E-state index in [0.29, 0.717) is 0 Å². The van der Waals surface area contributed by atoms with Gasteiger partial charge in [0.2, 0.25) is 0 Å². The maximum Gasteiger partial charge on any atom is 0.333 e. The molecule has 0 bridgehead atoms. The maximum atomic E-state index is 13.3. The summed E-state index contributed by atoms with van der Waals surface area (Å²) >= 11 is 0. The Labute approximate surface area is 244 Å². The van der Waals surface area contributed by atoms with Gasteiger partial charge in [0.25, 0.3) is 5.56 Å². The van der Waals surface area contributed by atoms with Crippen LogP contribution in [0.15, 0.2) is 22.0 Å². The van der Waals surface area contributed by atoms with Crippen LogP contribution in [0.2, 0.25) is 0 Å². The molecule has 0 saturated carbocycles. The fourth-order valence-electron chi connectivity index (χ4n) is 5.22. The molecule has 4 unspecified atom stereocenters. The molecule has 0 aromatic carbocycles. The van der Waals surface area contributed by atoms with Crippen molar-refractivity contribution < 1.29 is 48.3 Å². The number of ether oxygens (including phenoxy) is 5. The molecule has 2 aliphatic rings. The van der Waals surface area contributed by atoms with Gasteiger partial charge in [0, 0.05) is 44.9 Å². The molecule has 2 aliphatic heterocycles. The number of esters is 3. The molecular weight excluding hydrogens is 574 g/mol. The number of nitrogens with zero attached hydrogens (tertiary/aromatic N) is 5. The van der Waals surface area contributed by atoms with Gasteiger partial charge in [-0.05, 0) is 6.92 Å². The Hall–Kier alpha value is -3.93. The van der Waals surface area contributed by atoms with Crippen LogP contribution in [-0.4, -0.2) is 96.0 Å². The van der Waals surface area contributed by atoms with Gasteiger partial charge >= 0.3 is 23.6 Å². The molecule has 17 nitrogen and oxygen atoms in total. The van der Waals surface area contributed by atoms with E-state index in [4.69, 9.17) is 23.7 Å². The standard InChI is InChI=1S/C26H35N5O12/c1-12-7-29(21-6-18(36)19(10-32)42-21)26(38)30(24(12)37)8-17-9-31(28-27-17)25-13(2)22(40-15(4)34)23(41-16(5)35)20(43-25)11-39-14(3)33/h7,9,13,18-23,25,32,36H,6,8,10-11H2,1-5H3/t13?,18?,19-,20?,21-,22?,23+,25+/m1/s1. The predicted octanol–water partition coefficient (Wildman–Crippen LogP) is -1.44. The van der Waals surface area contributed by atoms with Crippen molar-refractivity contribution >= 4 is 17.9 Å². The van der Waals surface area contributed by atoms with Crippen LogP contribution in [0.4, 0.5) is 0 Å². The average Bonchev–Trinajstić information content (AvgIpc) is 3.55. The summed E-state index contributed by atoms with van der Waals surface area (Å²) in [7, 11) is 0. The lowest BCUT2D eigenvalue weighted by Crippen LogP contribution is -2.56. The highest BCUT2D eigenvalue weighted by Crippen LogP contribution is 2.36. The van der Waals surface area contributed by atoms with Gasteiger partial charge in [-0.25, -0.2) is 9.48 Å². The molecule has 0 amide bonds. The highest BCUT2D eigenvalue weighted by molar-refractivity contribution is 5.67. The Balaban J connectivity index is 1.63. The van der Waals surface area contributed by atoms with Gasteiger partial charge in [-0.3, -0.25) is 28.3 Å². The second-order valence-electron chi connectivity index (χ2n) is 10.6. The topological polar surface area (TPSA) is 213 Å². The van der Waals surface area contributed by atoms with E-state index < -0.39 is 84.7 Å². The van der Waals surface area contributed by atoms with Crippen LogP contribution in [0.25, 0.3) is 0 Å². The molecule has 4 heterocycles. The fourth-order valence-corrected chi connectivity index (χ4v) is 5.22. The Kier molecular flexibility index (Phi) is 9.79. The fraction of sp³-hybridized carbons (Fsp3) is 0.654. The second-order valence-corrected chi connectivity index (χ2v) is 10.6. The molecule has 43 heavy (non-hydrogen) atoms. The first-order chi connectivity index (χ1) is 20.3. The number of hydrogen-bond acceptors (Lipinski definition) is 14. The number of aromatic nitrogens is 5. The first kappa shape index (κ1) is 32.0. The van der Waals surface area contributed by atoms with Gasteiger partial charge in [0.05, 0.1) is 25.5 Å². The van der Waals surface area contributed by atoms with Crippen molar-refractivity contribution in [2.75, 3.05) is 13.2 Å². The van der Waals surface area contributed by atoms with Gasteiger partial charge in [-0.2, -0.15) is 0 Å². The number of aryl methyl sites for hydroxylation is 1. The molecule has 17 heteroatoms. The average molecular weight is 610 g/mol. The number of carbonyl (C=O) groups is 3. The molecule has 2 fully saturated rings. The molecule has 0 spiro atoms. The largest absolute Gasteiger partial charge is 0.463 e. The van der Waals surface area contributed by atoms with Crippen LogP contribution in [0.1, 0.15) is 57.8 Å². The molecule has 2 N–H and O–H groups in total. The van der Waals surface area contributed by atoms with Crippen molar-refractivity contribution in [2.24, 2.45) is 5.92 Å². The molecular formula is C26H35N5O12. The summed E-state index contributed by atoms with van der Waals surface area (Å²) in [5, 5.41) is 27.7. The highest BCUT2D eigenvalue weighted by Gasteiger charge is 2.49. The van der Waals surface area contributed by atoms with E-state index in [1.807, 2.05) is 0 Å². The van der Waals surface area contributed by atoms with Crippen molar-refractivity contribution in [1.29, 1.82) is 0 Å². The zero-order valence-corrected chi connectivity index (χ0v) is 24.3. The number of aliphatic hydroxyl groups is 2. The first-order valence-electron chi connectivity index (χ1n) is 13.6. The van der Waals surface area contributed by atoms with E-state index in [1.165, 1.54) is 49.3 Å². The third-order valence-electron chi connectivity index (χ3n) is 7.23. The lowest BCUT2D eigenvalue weighted by molar-refractivity contribution is -0.248. The van der Waals surface area contributed by atoms with E-state index in [1.54, 1.807) is 6.92 Å². The Morgan fingerprint density at radius 2 is 1.70 bits per heavy atom. The third kappa shape index (κ3) is 7.01. The van der Waals surface area contributed by atoms with Gasteiger partial charge in [-0.1, -0.05) is 12.1 Å². The monoisotopic (exact) mass is 609 g/mol. The van der Waals surface area contributed by atoms with Crippen LogP contribution in [0.3, 0.4) is 0 Å². The predicted molar refractivity (Wildman–Crippen MR) is 141 cm³/mol. The van der Waals surface area contributed by atoms with Crippen molar-refractivity contribution in [3.63, 3.8) is 0 Å². The molecule has 2 aromatic heterocycles. The number of carbonyl (C=O) groups excluding carboxylic acids is 3. The van der Waals surface area contributed by atoms with Crippen molar-refractivity contribution in [3.8, 4) is 0 Å². The van der Waals surface area contributed by atoms with Gasteiger partial charge in [-0.15, -0.1) is 5.10 Å². The molecule has 0 aliphatic carbocycles. The zero-order chi connectivity index (χ0) is 31.6. The summed E-state index contributed by atoms with van der Waals surface area (Å²) in [6, 6.07) is 0. The van der Waals surface area contributed by atoms with Gasteiger partial charge < -0.3 is 33.9 Å². The first-order valence-corrected chi connectivity index (χ1v) is 13.6. The van der Waals surface area contributed by atoms with Crippen molar-refractivity contribution in [1.82, 2.24) is 24.1 Å².